The van der Waals surface area contributed by atoms with Crippen LogP contribution in [0, 0.1) is 0 Å². The maximum absolute atomic E-state index is 10.2. The van der Waals surface area contributed by atoms with Gasteiger partial charge in [0.25, 0.3) is 0 Å². The maximum atomic E-state index is 10.2. The molecule has 0 saturated carbocycles. The second kappa shape index (κ2) is 4.09. The Morgan fingerprint density at radius 1 is 1.47 bits per heavy atom. The van der Waals surface area contributed by atoms with E-state index in [4.69, 9.17) is 11.6 Å². The molecule has 1 heterocycles. The monoisotopic (exact) mass is 219 g/mol. The van der Waals surface area contributed by atoms with Crippen LogP contribution in [0.3, 0.4) is 0 Å². The van der Waals surface area contributed by atoms with Crippen molar-refractivity contribution >= 4 is 23.4 Å². The standard InChI is InChI=1S/C10H6ClN3O/c11-8-1-2-10(9(5-8)13-7-15)14-4-3-12-6-14/h1-6H. The van der Waals surface area contributed by atoms with Gasteiger partial charge in [0.15, 0.2) is 0 Å². The molecule has 1 aromatic heterocycles. The largest absolute Gasteiger partial charge is 0.304 e. The number of aliphatic imine (C=N–C) groups is 1. The van der Waals surface area contributed by atoms with Crippen LogP contribution >= 0.6 is 11.6 Å². The Kier molecular flexibility index (Phi) is 2.63. The highest BCUT2D eigenvalue weighted by Gasteiger charge is 2.03. The Hall–Kier alpha value is -1.90. The predicted molar refractivity (Wildman–Crippen MR) is 56.4 cm³/mol. The molecule has 2 rings (SSSR count). The Morgan fingerprint density at radius 2 is 2.33 bits per heavy atom. The summed E-state index contributed by atoms with van der Waals surface area (Å²) in [4.78, 5) is 17.7. The van der Waals surface area contributed by atoms with Crippen molar-refractivity contribution in [1.82, 2.24) is 9.55 Å². The van der Waals surface area contributed by atoms with Gasteiger partial charge >= 0.3 is 0 Å². The number of hydrogen-bond donors (Lipinski definition) is 0. The average molecular weight is 220 g/mol. The van der Waals surface area contributed by atoms with Crippen LogP contribution < -0.4 is 0 Å². The van der Waals surface area contributed by atoms with E-state index < -0.39 is 0 Å². The number of rotatable bonds is 2. The fourth-order valence-electron chi connectivity index (χ4n) is 1.26. The second-order valence-corrected chi connectivity index (χ2v) is 3.24. The third-order valence-electron chi connectivity index (χ3n) is 1.89. The minimum absolute atomic E-state index is 0.468. The van der Waals surface area contributed by atoms with Gasteiger partial charge < -0.3 is 4.57 Å². The highest BCUT2D eigenvalue weighted by molar-refractivity contribution is 6.30. The molecule has 5 heteroatoms. The van der Waals surface area contributed by atoms with E-state index in [2.05, 4.69) is 9.98 Å². The fraction of sp³-hybridized carbons (Fsp3) is 0. The van der Waals surface area contributed by atoms with Gasteiger partial charge in [-0.2, -0.15) is 4.99 Å². The smallest absolute Gasteiger partial charge is 0.240 e. The number of benzene rings is 1. The SMILES string of the molecule is O=C=Nc1cc(Cl)ccc1-n1ccnc1. The lowest BCUT2D eigenvalue weighted by atomic mass is 10.2. The molecule has 0 fully saturated rings. The Labute approximate surface area is 90.9 Å². The third kappa shape index (κ3) is 1.96. The van der Waals surface area contributed by atoms with Crippen molar-refractivity contribution in [3.8, 4) is 5.69 Å². The van der Waals surface area contributed by atoms with Gasteiger partial charge in [-0.3, -0.25) is 0 Å². The maximum Gasteiger partial charge on any atom is 0.240 e. The predicted octanol–water partition coefficient (Wildman–Crippen LogP) is 2.49. The molecule has 2 aromatic rings. The summed E-state index contributed by atoms with van der Waals surface area (Å²) >= 11 is 5.80. The van der Waals surface area contributed by atoms with E-state index in [-0.39, 0.29) is 0 Å². The third-order valence-corrected chi connectivity index (χ3v) is 2.12. The first-order valence-corrected chi connectivity index (χ1v) is 4.55. The zero-order valence-corrected chi connectivity index (χ0v) is 8.35. The van der Waals surface area contributed by atoms with Crippen molar-refractivity contribution in [3.63, 3.8) is 0 Å². The molecule has 0 unspecified atom stereocenters. The topological polar surface area (TPSA) is 47.2 Å². The summed E-state index contributed by atoms with van der Waals surface area (Å²) < 4.78 is 1.74. The van der Waals surface area contributed by atoms with Crippen LogP contribution in [0.4, 0.5) is 5.69 Å². The molecule has 0 atom stereocenters. The summed E-state index contributed by atoms with van der Waals surface area (Å²) in [7, 11) is 0. The van der Waals surface area contributed by atoms with Gasteiger partial charge in [0.1, 0.15) is 5.69 Å². The normalized spacial score (nSPS) is 9.67. The van der Waals surface area contributed by atoms with Gasteiger partial charge in [-0.1, -0.05) is 11.6 Å². The molecule has 0 bridgehead atoms. The summed E-state index contributed by atoms with van der Waals surface area (Å²) in [5.74, 6) is 0. The minimum atomic E-state index is 0.468. The molecule has 4 nitrogen and oxygen atoms in total. The van der Waals surface area contributed by atoms with Gasteiger partial charge in [0.05, 0.1) is 12.0 Å². The van der Waals surface area contributed by atoms with Crippen molar-refractivity contribution in [2.75, 3.05) is 0 Å². The van der Waals surface area contributed by atoms with Gasteiger partial charge in [-0.15, -0.1) is 0 Å². The highest BCUT2D eigenvalue weighted by Crippen LogP contribution is 2.26. The van der Waals surface area contributed by atoms with E-state index >= 15 is 0 Å². The average Bonchev–Trinajstić information content (AvgIpc) is 2.71. The van der Waals surface area contributed by atoms with Crippen LogP contribution in [0.5, 0.6) is 0 Å². The van der Waals surface area contributed by atoms with E-state index in [0.29, 0.717) is 10.7 Å². The van der Waals surface area contributed by atoms with Gasteiger partial charge in [-0.05, 0) is 18.2 Å². The van der Waals surface area contributed by atoms with Crippen molar-refractivity contribution < 1.29 is 4.79 Å². The number of imidazole rings is 1. The molecule has 0 aliphatic rings. The summed E-state index contributed by atoms with van der Waals surface area (Å²) in [5.41, 5.74) is 1.20. The summed E-state index contributed by atoms with van der Waals surface area (Å²) in [6, 6.07) is 5.09. The van der Waals surface area contributed by atoms with Crippen LogP contribution in [0.1, 0.15) is 0 Å². The first-order valence-electron chi connectivity index (χ1n) is 4.17. The van der Waals surface area contributed by atoms with Crippen LogP contribution in [-0.2, 0) is 4.79 Å². The van der Waals surface area contributed by atoms with Gasteiger partial charge in [-0.25, -0.2) is 9.78 Å². The number of aromatic nitrogens is 2. The summed E-state index contributed by atoms with van der Waals surface area (Å²) in [6.07, 6.45) is 6.51. The van der Waals surface area contributed by atoms with Crippen LogP contribution in [0.2, 0.25) is 5.02 Å². The molecule has 74 valence electrons. The molecule has 0 radical (unpaired) electrons. The van der Waals surface area contributed by atoms with E-state index in [1.54, 1.807) is 41.5 Å². The van der Waals surface area contributed by atoms with Gasteiger partial charge in [0, 0.05) is 17.4 Å². The highest BCUT2D eigenvalue weighted by atomic mass is 35.5. The van der Waals surface area contributed by atoms with Crippen molar-refractivity contribution in [2.24, 2.45) is 4.99 Å². The molecular weight excluding hydrogens is 214 g/mol. The number of hydrogen-bond acceptors (Lipinski definition) is 3. The minimum Gasteiger partial charge on any atom is -0.304 e. The quantitative estimate of drug-likeness (QED) is 0.576. The molecule has 0 saturated heterocycles. The van der Waals surface area contributed by atoms with Crippen LogP contribution in [-0.4, -0.2) is 15.6 Å². The first-order chi connectivity index (χ1) is 7.31. The number of isocyanates is 1. The zero-order chi connectivity index (χ0) is 10.7. The molecule has 1 aromatic carbocycles. The van der Waals surface area contributed by atoms with Crippen molar-refractivity contribution in [3.05, 3.63) is 41.9 Å². The molecule has 0 aliphatic carbocycles. The fourth-order valence-corrected chi connectivity index (χ4v) is 1.42. The van der Waals surface area contributed by atoms with E-state index in [9.17, 15) is 4.79 Å². The van der Waals surface area contributed by atoms with Crippen LogP contribution in [0.15, 0.2) is 41.9 Å². The zero-order valence-electron chi connectivity index (χ0n) is 7.59. The molecule has 0 N–H and O–H groups in total. The summed E-state index contributed by atoms with van der Waals surface area (Å²) in [5, 5.41) is 0.521. The Bertz CT molecular complexity index is 515. The summed E-state index contributed by atoms with van der Waals surface area (Å²) in [6.45, 7) is 0. The second-order valence-electron chi connectivity index (χ2n) is 2.81. The van der Waals surface area contributed by atoms with Crippen LogP contribution in [0.25, 0.3) is 5.69 Å². The number of nitrogens with zero attached hydrogens (tertiary/aromatic N) is 3. The lowest BCUT2D eigenvalue weighted by molar-refractivity contribution is 0.565. The van der Waals surface area contributed by atoms with Gasteiger partial charge in [0.2, 0.25) is 6.08 Å². The molecule has 0 aliphatic heterocycles. The lowest BCUT2D eigenvalue weighted by Gasteiger charge is -2.04. The Balaban J connectivity index is 2.60. The molecular formula is C10H6ClN3O. The number of carbonyl (C=O) groups excluding carboxylic acids is 1. The molecule has 15 heavy (non-hydrogen) atoms. The Morgan fingerprint density at radius 3 is 3.00 bits per heavy atom. The molecule has 0 spiro atoms. The number of halogens is 1. The van der Waals surface area contributed by atoms with E-state index in [1.165, 1.54) is 6.08 Å². The first kappa shape index (κ1) is 9.65. The van der Waals surface area contributed by atoms with Crippen molar-refractivity contribution in [1.29, 1.82) is 0 Å². The lowest BCUT2D eigenvalue weighted by Crippen LogP contribution is -1.90. The van der Waals surface area contributed by atoms with E-state index in [1.807, 2.05) is 0 Å². The van der Waals surface area contributed by atoms with Crippen molar-refractivity contribution in [2.45, 2.75) is 0 Å². The van der Waals surface area contributed by atoms with E-state index in [0.717, 1.165) is 5.69 Å². The molecule has 0 amide bonds.